The van der Waals surface area contributed by atoms with E-state index in [1.165, 1.54) is 6.07 Å². The third-order valence-corrected chi connectivity index (χ3v) is 1.18. The number of benzene rings is 1. The molecular formula is C7H6FNO2. The van der Waals surface area contributed by atoms with Gasteiger partial charge in [-0.15, -0.1) is 0 Å². The number of hydrogen-bond acceptors (Lipinski definition) is 3. The number of phenolic OH excluding ortho intramolecular Hbond substituents is 1. The lowest BCUT2D eigenvalue weighted by atomic mass is 10.2. The van der Waals surface area contributed by atoms with Gasteiger partial charge in [0.2, 0.25) is 0 Å². The summed E-state index contributed by atoms with van der Waals surface area (Å²) in [5, 5.41) is 19.5. The van der Waals surface area contributed by atoms with Crippen LogP contribution in [0.3, 0.4) is 0 Å². The first-order valence-corrected chi connectivity index (χ1v) is 2.90. The number of rotatable bonds is 1. The molecule has 0 atom stereocenters. The van der Waals surface area contributed by atoms with E-state index in [1.807, 2.05) is 0 Å². The molecule has 11 heavy (non-hydrogen) atoms. The summed E-state index contributed by atoms with van der Waals surface area (Å²) >= 11 is 0. The van der Waals surface area contributed by atoms with E-state index in [0.29, 0.717) is 0 Å². The first-order chi connectivity index (χ1) is 5.24. The third kappa shape index (κ3) is 1.67. The Kier molecular flexibility index (Phi) is 2.06. The predicted molar refractivity (Wildman–Crippen MR) is 37.4 cm³/mol. The summed E-state index contributed by atoms with van der Waals surface area (Å²) < 4.78 is 12.6. The summed E-state index contributed by atoms with van der Waals surface area (Å²) in [6, 6.07) is 3.46. The Morgan fingerprint density at radius 3 is 2.82 bits per heavy atom. The number of hydrogen-bond donors (Lipinski definition) is 2. The van der Waals surface area contributed by atoms with Crippen molar-refractivity contribution in [1.82, 2.24) is 0 Å². The van der Waals surface area contributed by atoms with E-state index < -0.39 is 5.82 Å². The van der Waals surface area contributed by atoms with Crippen LogP contribution >= 0.6 is 0 Å². The van der Waals surface area contributed by atoms with E-state index in [2.05, 4.69) is 5.16 Å². The molecule has 0 unspecified atom stereocenters. The smallest absolute Gasteiger partial charge is 0.132 e. The van der Waals surface area contributed by atoms with E-state index in [4.69, 9.17) is 10.3 Å². The van der Waals surface area contributed by atoms with Crippen molar-refractivity contribution in [2.24, 2.45) is 5.16 Å². The normalized spacial score (nSPS) is 10.6. The van der Waals surface area contributed by atoms with E-state index >= 15 is 0 Å². The number of nitrogens with zero attached hydrogens (tertiary/aromatic N) is 1. The van der Waals surface area contributed by atoms with Crippen LogP contribution in [0.2, 0.25) is 0 Å². The number of oxime groups is 1. The Morgan fingerprint density at radius 2 is 2.18 bits per heavy atom. The number of aromatic hydroxyl groups is 1. The summed E-state index contributed by atoms with van der Waals surface area (Å²) in [6.45, 7) is 0. The Hall–Kier alpha value is -1.58. The standard InChI is InChI=1S/C7H6FNO2/c8-7-2-1-6(10)3-5(7)4-9-11/h1-4,10-11H. The number of halogens is 1. The van der Waals surface area contributed by atoms with E-state index in [9.17, 15) is 4.39 Å². The molecule has 0 fully saturated rings. The molecule has 0 saturated heterocycles. The maximum Gasteiger partial charge on any atom is 0.132 e. The molecule has 2 N–H and O–H groups in total. The Bertz CT molecular complexity index is 286. The van der Waals surface area contributed by atoms with Gasteiger partial charge < -0.3 is 10.3 Å². The molecule has 0 amide bonds. The molecule has 0 heterocycles. The van der Waals surface area contributed by atoms with Gasteiger partial charge in [-0.3, -0.25) is 0 Å². The summed E-state index contributed by atoms with van der Waals surface area (Å²) in [7, 11) is 0. The lowest BCUT2D eigenvalue weighted by Gasteiger charge is -1.95. The molecule has 0 aliphatic carbocycles. The van der Waals surface area contributed by atoms with Crippen LogP contribution in [0, 0.1) is 5.82 Å². The van der Waals surface area contributed by atoms with Gasteiger partial charge in [-0.05, 0) is 18.2 Å². The minimum Gasteiger partial charge on any atom is -0.508 e. The topological polar surface area (TPSA) is 52.8 Å². The lowest BCUT2D eigenvalue weighted by molar-refractivity contribution is 0.321. The highest BCUT2D eigenvalue weighted by molar-refractivity contribution is 5.80. The minimum atomic E-state index is -0.541. The summed E-state index contributed by atoms with van der Waals surface area (Å²) in [6.07, 6.45) is 0.912. The van der Waals surface area contributed by atoms with Crippen LogP contribution in [0.4, 0.5) is 4.39 Å². The zero-order valence-corrected chi connectivity index (χ0v) is 5.53. The summed E-state index contributed by atoms with van der Waals surface area (Å²) in [5.74, 6) is -0.609. The second-order valence-electron chi connectivity index (χ2n) is 1.95. The van der Waals surface area contributed by atoms with E-state index in [0.717, 1.165) is 18.3 Å². The van der Waals surface area contributed by atoms with Crippen LogP contribution in [0.25, 0.3) is 0 Å². The number of phenols is 1. The molecule has 3 nitrogen and oxygen atoms in total. The SMILES string of the molecule is ON=Cc1cc(O)ccc1F. The van der Waals surface area contributed by atoms with Gasteiger partial charge in [0, 0.05) is 5.56 Å². The fraction of sp³-hybridized carbons (Fsp3) is 0. The van der Waals surface area contributed by atoms with Crippen molar-refractivity contribution in [1.29, 1.82) is 0 Å². The van der Waals surface area contributed by atoms with E-state index in [-0.39, 0.29) is 11.3 Å². The van der Waals surface area contributed by atoms with Crippen LogP contribution in [0.1, 0.15) is 5.56 Å². The van der Waals surface area contributed by atoms with Crippen molar-refractivity contribution >= 4 is 6.21 Å². The average Bonchev–Trinajstić information content (AvgIpc) is 1.98. The maximum atomic E-state index is 12.6. The zero-order valence-electron chi connectivity index (χ0n) is 5.53. The molecule has 1 aromatic rings. The Labute approximate surface area is 62.4 Å². The second-order valence-corrected chi connectivity index (χ2v) is 1.95. The van der Waals surface area contributed by atoms with Crippen LogP contribution in [-0.4, -0.2) is 16.5 Å². The molecule has 0 spiro atoms. The molecule has 4 heteroatoms. The van der Waals surface area contributed by atoms with Gasteiger partial charge in [0.15, 0.2) is 0 Å². The van der Waals surface area contributed by atoms with Gasteiger partial charge in [-0.2, -0.15) is 0 Å². The van der Waals surface area contributed by atoms with Crippen LogP contribution < -0.4 is 0 Å². The molecule has 1 rings (SSSR count). The van der Waals surface area contributed by atoms with E-state index in [1.54, 1.807) is 0 Å². The van der Waals surface area contributed by atoms with Crippen LogP contribution in [0.5, 0.6) is 5.75 Å². The van der Waals surface area contributed by atoms with Gasteiger partial charge in [0.25, 0.3) is 0 Å². The quantitative estimate of drug-likeness (QED) is 0.365. The van der Waals surface area contributed by atoms with Crippen molar-refractivity contribution in [3.05, 3.63) is 29.6 Å². The van der Waals surface area contributed by atoms with Gasteiger partial charge in [0.1, 0.15) is 11.6 Å². The van der Waals surface area contributed by atoms with Crippen molar-refractivity contribution in [3.63, 3.8) is 0 Å². The fourth-order valence-corrected chi connectivity index (χ4v) is 0.692. The molecule has 0 aromatic heterocycles. The third-order valence-electron chi connectivity index (χ3n) is 1.18. The molecule has 58 valence electrons. The first kappa shape index (κ1) is 7.53. The fourth-order valence-electron chi connectivity index (χ4n) is 0.692. The second kappa shape index (κ2) is 3.01. The van der Waals surface area contributed by atoms with Gasteiger partial charge in [-0.25, -0.2) is 4.39 Å². The summed E-state index contributed by atoms with van der Waals surface area (Å²) in [5.41, 5.74) is 0.0486. The molecular weight excluding hydrogens is 149 g/mol. The zero-order chi connectivity index (χ0) is 8.27. The van der Waals surface area contributed by atoms with Crippen LogP contribution in [0.15, 0.2) is 23.4 Å². The van der Waals surface area contributed by atoms with Gasteiger partial charge in [-0.1, -0.05) is 5.16 Å². The highest BCUT2D eigenvalue weighted by Gasteiger charge is 1.99. The Balaban J connectivity index is 3.12. The van der Waals surface area contributed by atoms with Gasteiger partial charge in [0.05, 0.1) is 6.21 Å². The maximum absolute atomic E-state index is 12.6. The van der Waals surface area contributed by atoms with Crippen molar-refractivity contribution in [2.75, 3.05) is 0 Å². The largest absolute Gasteiger partial charge is 0.508 e. The van der Waals surface area contributed by atoms with Crippen molar-refractivity contribution in [3.8, 4) is 5.75 Å². The predicted octanol–water partition coefficient (Wildman–Crippen LogP) is 1.34. The van der Waals surface area contributed by atoms with Crippen LogP contribution in [-0.2, 0) is 0 Å². The highest BCUT2D eigenvalue weighted by atomic mass is 19.1. The monoisotopic (exact) mass is 155 g/mol. The Morgan fingerprint density at radius 1 is 1.45 bits per heavy atom. The molecule has 0 aliphatic heterocycles. The highest BCUT2D eigenvalue weighted by Crippen LogP contribution is 2.12. The first-order valence-electron chi connectivity index (χ1n) is 2.90. The minimum absolute atomic E-state index is 0.0486. The molecule has 1 aromatic carbocycles. The van der Waals surface area contributed by atoms with Crippen molar-refractivity contribution in [2.45, 2.75) is 0 Å². The molecule has 0 aliphatic rings. The lowest BCUT2D eigenvalue weighted by Crippen LogP contribution is -1.86. The molecule has 0 bridgehead atoms. The molecule has 0 radical (unpaired) electrons. The average molecular weight is 155 g/mol. The van der Waals surface area contributed by atoms with Gasteiger partial charge >= 0.3 is 0 Å². The molecule has 0 saturated carbocycles. The van der Waals surface area contributed by atoms with Crippen molar-refractivity contribution < 1.29 is 14.7 Å². The summed E-state index contributed by atoms with van der Waals surface area (Å²) in [4.78, 5) is 0.